The molecular weight excluding hydrogens is 276 g/mol. The number of ether oxygens (including phenoxy) is 1. The summed E-state index contributed by atoms with van der Waals surface area (Å²) in [6, 6.07) is 7.56. The van der Waals surface area contributed by atoms with Crippen LogP contribution in [0.25, 0.3) is 0 Å². The highest BCUT2D eigenvalue weighted by Crippen LogP contribution is 2.16. The highest BCUT2D eigenvalue weighted by Gasteiger charge is 2.21. The lowest BCUT2D eigenvalue weighted by Crippen LogP contribution is -2.42. The van der Waals surface area contributed by atoms with Crippen LogP contribution >= 0.6 is 0 Å². The first-order valence-corrected chi connectivity index (χ1v) is 6.29. The van der Waals surface area contributed by atoms with Crippen molar-refractivity contribution in [2.45, 2.75) is 12.5 Å². The Morgan fingerprint density at radius 1 is 1.29 bits per heavy atom. The van der Waals surface area contributed by atoms with Gasteiger partial charge in [0, 0.05) is 7.05 Å². The molecule has 2 N–H and O–H groups in total. The summed E-state index contributed by atoms with van der Waals surface area (Å²) in [6.07, 6.45) is -0.248. The molecule has 0 heterocycles. The quantitative estimate of drug-likeness (QED) is 0.764. The maximum Gasteiger partial charge on any atom is 0.325 e. The van der Waals surface area contributed by atoms with Gasteiger partial charge in [0.1, 0.15) is 6.54 Å². The van der Waals surface area contributed by atoms with E-state index in [9.17, 15) is 14.4 Å². The number of carbonyl (C=O) groups is 3. The van der Waals surface area contributed by atoms with Gasteiger partial charge >= 0.3 is 18.0 Å². The molecule has 0 aliphatic rings. The van der Waals surface area contributed by atoms with E-state index in [0.29, 0.717) is 5.56 Å². The first-order valence-electron chi connectivity index (χ1n) is 6.29. The number of rotatable bonds is 6. The van der Waals surface area contributed by atoms with E-state index in [4.69, 9.17) is 5.11 Å². The first kappa shape index (κ1) is 16.5. The molecule has 0 spiro atoms. The van der Waals surface area contributed by atoms with Crippen molar-refractivity contribution in [3.63, 3.8) is 0 Å². The molecule has 1 rings (SSSR count). The zero-order valence-corrected chi connectivity index (χ0v) is 11.9. The molecule has 0 saturated heterocycles. The molecule has 0 aromatic heterocycles. The fourth-order valence-corrected chi connectivity index (χ4v) is 1.70. The molecule has 1 aromatic carbocycles. The Morgan fingerprint density at radius 2 is 1.90 bits per heavy atom. The largest absolute Gasteiger partial charge is 0.481 e. The summed E-state index contributed by atoms with van der Waals surface area (Å²) in [5, 5.41) is 11.5. The number of methoxy groups -OCH3 is 1. The molecule has 0 radical (unpaired) electrons. The summed E-state index contributed by atoms with van der Waals surface area (Å²) in [7, 11) is 2.65. The highest BCUT2D eigenvalue weighted by molar-refractivity contribution is 5.81. The Balaban J connectivity index is 2.75. The number of hydrogen-bond acceptors (Lipinski definition) is 4. The fraction of sp³-hybridized carbons (Fsp3) is 0.357. The van der Waals surface area contributed by atoms with Gasteiger partial charge in [0.05, 0.1) is 19.6 Å². The van der Waals surface area contributed by atoms with Crippen molar-refractivity contribution in [1.29, 1.82) is 0 Å². The second-order valence-corrected chi connectivity index (χ2v) is 4.44. The fourth-order valence-electron chi connectivity index (χ4n) is 1.70. The summed E-state index contributed by atoms with van der Waals surface area (Å²) in [6.45, 7) is -0.211. The lowest BCUT2D eigenvalue weighted by Gasteiger charge is -2.22. The Kier molecular flexibility index (Phi) is 6.19. The second-order valence-electron chi connectivity index (χ2n) is 4.44. The van der Waals surface area contributed by atoms with E-state index in [0.717, 1.165) is 4.90 Å². The molecular formula is C14H18N2O5. The number of esters is 1. The molecule has 7 heteroatoms. The minimum Gasteiger partial charge on any atom is -0.481 e. The van der Waals surface area contributed by atoms with Crippen molar-refractivity contribution in [3.05, 3.63) is 35.9 Å². The van der Waals surface area contributed by atoms with Crippen LogP contribution in [-0.2, 0) is 14.3 Å². The normalized spacial score (nSPS) is 11.3. The van der Waals surface area contributed by atoms with Gasteiger partial charge in [-0.1, -0.05) is 30.3 Å². The lowest BCUT2D eigenvalue weighted by molar-refractivity contribution is -0.141. The summed E-state index contributed by atoms with van der Waals surface area (Å²) >= 11 is 0. The van der Waals surface area contributed by atoms with Crippen LogP contribution in [0.5, 0.6) is 0 Å². The minimum atomic E-state index is -1.03. The van der Waals surface area contributed by atoms with E-state index in [1.54, 1.807) is 30.3 Å². The van der Waals surface area contributed by atoms with Crippen LogP contribution in [0.2, 0.25) is 0 Å². The van der Waals surface area contributed by atoms with Gasteiger partial charge in [-0.15, -0.1) is 0 Å². The van der Waals surface area contributed by atoms with E-state index in [2.05, 4.69) is 10.1 Å². The number of nitrogens with one attached hydrogen (secondary N) is 1. The number of carboxylic acid groups (broad SMARTS) is 1. The molecule has 1 atom stereocenters. The van der Waals surface area contributed by atoms with Gasteiger partial charge in [-0.25, -0.2) is 4.79 Å². The summed E-state index contributed by atoms with van der Waals surface area (Å²) in [4.78, 5) is 35.1. The molecule has 0 saturated carbocycles. The van der Waals surface area contributed by atoms with Gasteiger partial charge in [0.25, 0.3) is 0 Å². The van der Waals surface area contributed by atoms with E-state index in [1.165, 1.54) is 14.2 Å². The Morgan fingerprint density at radius 3 is 2.43 bits per heavy atom. The van der Waals surface area contributed by atoms with Crippen molar-refractivity contribution >= 4 is 18.0 Å². The summed E-state index contributed by atoms with van der Waals surface area (Å²) in [5.41, 5.74) is 0.680. The Hall–Kier alpha value is -2.57. The number of urea groups is 1. The smallest absolute Gasteiger partial charge is 0.325 e. The van der Waals surface area contributed by atoms with Gasteiger partial charge in [-0.05, 0) is 5.56 Å². The number of carboxylic acids is 1. The predicted molar refractivity (Wildman–Crippen MR) is 74.6 cm³/mol. The molecule has 0 bridgehead atoms. The zero-order chi connectivity index (χ0) is 15.8. The third kappa shape index (κ3) is 5.52. The second kappa shape index (κ2) is 7.88. The average Bonchev–Trinajstić information content (AvgIpc) is 2.46. The summed E-state index contributed by atoms with van der Waals surface area (Å²) in [5.74, 6) is -1.58. The number of amides is 2. The number of benzene rings is 1. The molecule has 0 aliphatic heterocycles. The average molecular weight is 294 g/mol. The van der Waals surface area contributed by atoms with Gasteiger partial charge < -0.3 is 20.1 Å². The highest BCUT2D eigenvalue weighted by atomic mass is 16.5. The van der Waals surface area contributed by atoms with Crippen molar-refractivity contribution in [2.24, 2.45) is 0 Å². The van der Waals surface area contributed by atoms with E-state index >= 15 is 0 Å². The van der Waals surface area contributed by atoms with Crippen molar-refractivity contribution in [2.75, 3.05) is 20.7 Å². The van der Waals surface area contributed by atoms with E-state index < -0.39 is 24.0 Å². The molecule has 7 nitrogen and oxygen atoms in total. The van der Waals surface area contributed by atoms with Crippen LogP contribution in [0.15, 0.2) is 30.3 Å². The van der Waals surface area contributed by atoms with Gasteiger partial charge in [-0.3, -0.25) is 9.59 Å². The van der Waals surface area contributed by atoms with E-state index in [1.807, 2.05) is 0 Å². The maximum atomic E-state index is 12.0. The van der Waals surface area contributed by atoms with Crippen LogP contribution in [0.1, 0.15) is 18.0 Å². The third-order valence-corrected chi connectivity index (χ3v) is 2.82. The number of likely N-dealkylation sites (N-methyl/N-ethyl adjacent to an activating group) is 1. The van der Waals surface area contributed by atoms with Crippen LogP contribution in [0.4, 0.5) is 4.79 Å². The molecule has 2 amide bonds. The van der Waals surface area contributed by atoms with Crippen LogP contribution in [0.3, 0.4) is 0 Å². The molecule has 114 valence electrons. The van der Waals surface area contributed by atoms with Crippen molar-refractivity contribution < 1.29 is 24.2 Å². The number of carbonyl (C=O) groups excluding carboxylic acids is 2. The molecule has 1 aromatic rings. The zero-order valence-electron chi connectivity index (χ0n) is 11.9. The van der Waals surface area contributed by atoms with Crippen LogP contribution in [-0.4, -0.2) is 48.7 Å². The van der Waals surface area contributed by atoms with Crippen molar-refractivity contribution in [1.82, 2.24) is 10.2 Å². The number of aliphatic carboxylic acids is 1. The standard InChI is InChI=1S/C14H18N2O5/c1-16(9-13(19)21-2)14(20)15-11(8-12(17)18)10-6-4-3-5-7-10/h3-7,11H,8-9H2,1-2H3,(H,15,20)(H,17,18). The SMILES string of the molecule is COC(=O)CN(C)C(=O)NC(CC(=O)O)c1ccccc1. The van der Waals surface area contributed by atoms with Crippen LogP contribution < -0.4 is 5.32 Å². The summed E-state index contributed by atoms with van der Waals surface area (Å²) < 4.78 is 4.47. The van der Waals surface area contributed by atoms with Crippen molar-refractivity contribution in [3.8, 4) is 0 Å². The maximum absolute atomic E-state index is 12.0. The lowest BCUT2D eigenvalue weighted by atomic mass is 10.0. The Bertz CT molecular complexity index is 503. The van der Waals surface area contributed by atoms with Gasteiger partial charge in [-0.2, -0.15) is 0 Å². The predicted octanol–water partition coefficient (Wildman–Crippen LogP) is 1.02. The van der Waals surface area contributed by atoms with Gasteiger partial charge in [0.2, 0.25) is 0 Å². The molecule has 0 fully saturated rings. The van der Waals surface area contributed by atoms with Gasteiger partial charge in [0.15, 0.2) is 0 Å². The van der Waals surface area contributed by atoms with E-state index in [-0.39, 0.29) is 13.0 Å². The number of nitrogens with zero attached hydrogens (tertiary/aromatic N) is 1. The first-order chi connectivity index (χ1) is 9.93. The number of hydrogen-bond donors (Lipinski definition) is 2. The Labute approximate surface area is 122 Å². The third-order valence-electron chi connectivity index (χ3n) is 2.82. The van der Waals surface area contributed by atoms with Crippen LogP contribution in [0, 0.1) is 0 Å². The monoisotopic (exact) mass is 294 g/mol. The molecule has 21 heavy (non-hydrogen) atoms. The molecule has 1 unspecified atom stereocenters. The molecule has 0 aliphatic carbocycles. The topological polar surface area (TPSA) is 95.9 Å². The minimum absolute atomic E-state index is 0.211.